The zero-order valence-electron chi connectivity index (χ0n) is 7.85. The van der Waals surface area contributed by atoms with Crippen molar-refractivity contribution in [1.82, 2.24) is 4.98 Å². The molecule has 5 heteroatoms. The van der Waals surface area contributed by atoms with Crippen LogP contribution in [-0.4, -0.2) is 12.1 Å². The van der Waals surface area contributed by atoms with Crippen molar-refractivity contribution in [3.8, 4) is 5.75 Å². The molecule has 1 aromatic rings. The molecule has 1 rings (SSSR count). The highest BCUT2D eigenvalue weighted by Gasteiger charge is 2.18. The van der Waals surface area contributed by atoms with E-state index < -0.39 is 6.43 Å². The molecule has 0 fully saturated rings. The highest BCUT2D eigenvalue weighted by Crippen LogP contribution is 2.31. The largest absolute Gasteiger partial charge is 0.496 e. The summed E-state index contributed by atoms with van der Waals surface area (Å²) in [4.78, 5) is 4.01. The zero-order chi connectivity index (χ0) is 10.7. The number of rotatable bonds is 3. The lowest BCUT2D eigenvalue weighted by Crippen LogP contribution is -2.01. The van der Waals surface area contributed by atoms with Gasteiger partial charge in [-0.25, -0.2) is 8.78 Å². The van der Waals surface area contributed by atoms with Crippen LogP contribution in [0.4, 0.5) is 8.78 Å². The van der Waals surface area contributed by atoms with Gasteiger partial charge in [0.25, 0.3) is 6.43 Å². The number of halogens is 3. The summed E-state index contributed by atoms with van der Waals surface area (Å²) in [7, 11) is 1.37. The second-order valence-electron chi connectivity index (χ2n) is 2.75. The molecule has 0 bridgehead atoms. The van der Waals surface area contributed by atoms with Crippen LogP contribution in [0.25, 0.3) is 0 Å². The molecule has 0 spiro atoms. The standard InChI is InChI=1S/C9H10BrF2NO/c1-5-8(9(11)12)7(14-2)3-6(4-10)13-5/h3,9H,4H2,1-2H3. The van der Waals surface area contributed by atoms with E-state index in [1.807, 2.05) is 0 Å². The Balaban J connectivity index is 3.27. The van der Waals surface area contributed by atoms with Crippen molar-refractivity contribution in [2.24, 2.45) is 0 Å². The first-order chi connectivity index (χ1) is 6.60. The van der Waals surface area contributed by atoms with Gasteiger partial charge in [0.15, 0.2) is 0 Å². The van der Waals surface area contributed by atoms with E-state index >= 15 is 0 Å². The fraction of sp³-hybridized carbons (Fsp3) is 0.444. The van der Waals surface area contributed by atoms with Gasteiger partial charge in [0.1, 0.15) is 5.75 Å². The van der Waals surface area contributed by atoms with Gasteiger partial charge < -0.3 is 4.74 Å². The summed E-state index contributed by atoms with van der Waals surface area (Å²) in [5, 5.41) is 0.522. The fourth-order valence-corrected chi connectivity index (χ4v) is 1.51. The lowest BCUT2D eigenvalue weighted by atomic mass is 10.1. The van der Waals surface area contributed by atoms with Gasteiger partial charge in [0.05, 0.1) is 24.1 Å². The molecule has 0 saturated carbocycles. The molecular weight excluding hydrogens is 256 g/mol. The number of aryl methyl sites for hydroxylation is 1. The Hall–Kier alpha value is -0.710. The van der Waals surface area contributed by atoms with E-state index in [2.05, 4.69) is 20.9 Å². The Kier molecular flexibility index (Phi) is 3.80. The summed E-state index contributed by atoms with van der Waals surface area (Å²) in [6.07, 6.45) is -2.55. The third-order valence-electron chi connectivity index (χ3n) is 1.84. The summed E-state index contributed by atoms with van der Waals surface area (Å²) in [5.74, 6) is 0.196. The minimum Gasteiger partial charge on any atom is -0.496 e. The summed E-state index contributed by atoms with van der Waals surface area (Å²) >= 11 is 3.21. The van der Waals surface area contributed by atoms with Gasteiger partial charge in [-0.2, -0.15) is 0 Å². The van der Waals surface area contributed by atoms with E-state index in [-0.39, 0.29) is 11.3 Å². The molecule has 2 nitrogen and oxygen atoms in total. The van der Waals surface area contributed by atoms with Crippen LogP contribution in [0.1, 0.15) is 23.4 Å². The zero-order valence-corrected chi connectivity index (χ0v) is 9.44. The summed E-state index contributed by atoms with van der Waals surface area (Å²) in [6, 6.07) is 1.52. The molecule has 1 aromatic heterocycles. The van der Waals surface area contributed by atoms with E-state index in [0.29, 0.717) is 16.7 Å². The van der Waals surface area contributed by atoms with E-state index in [9.17, 15) is 8.78 Å². The number of methoxy groups -OCH3 is 1. The molecule has 0 aromatic carbocycles. The topological polar surface area (TPSA) is 22.1 Å². The Labute approximate surface area is 89.4 Å². The number of pyridine rings is 1. The van der Waals surface area contributed by atoms with Crippen LogP contribution in [0.15, 0.2) is 6.07 Å². The second-order valence-corrected chi connectivity index (χ2v) is 3.31. The van der Waals surface area contributed by atoms with Crippen molar-refractivity contribution in [3.63, 3.8) is 0 Å². The lowest BCUT2D eigenvalue weighted by molar-refractivity contribution is 0.145. The predicted molar refractivity (Wildman–Crippen MR) is 53.1 cm³/mol. The quantitative estimate of drug-likeness (QED) is 0.783. The van der Waals surface area contributed by atoms with Crippen molar-refractivity contribution in [3.05, 3.63) is 23.0 Å². The van der Waals surface area contributed by atoms with E-state index in [0.717, 1.165) is 0 Å². The lowest BCUT2D eigenvalue weighted by Gasteiger charge is -2.11. The number of aromatic nitrogens is 1. The molecule has 0 radical (unpaired) electrons. The highest BCUT2D eigenvalue weighted by molar-refractivity contribution is 9.08. The summed E-state index contributed by atoms with van der Waals surface area (Å²) in [6.45, 7) is 1.55. The molecule has 78 valence electrons. The first-order valence-corrected chi connectivity index (χ1v) is 5.10. The molecule has 0 N–H and O–H groups in total. The smallest absolute Gasteiger partial charge is 0.269 e. The Bertz CT molecular complexity index is 331. The molecule has 0 aliphatic carbocycles. The van der Waals surface area contributed by atoms with Crippen LogP contribution in [0.2, 0.25) is 0 Å². The summed E-state index contributed by atoms with van der Waals surface area (Å²) in [5.41, 5.74) is 0.870. The Morgan fingerprint density at radius 1 is 1.57 bits per heavy atom. The van der Waals surface area contributed by atoms with Crippen LogP contribution in [0, 0.1) is 6.92 Å². The summed E-state index contributed by atoms with van der Waals surface area (Å²) < 4.78 is 30.0. The number of hydrogen-bond donors (Lipinski definition) is 0. The van der Waals surface area contributed by atoms with E-state index in [4.69, 9.17) is 4.74 Å². The van der Waals surface area contributed by atoms with Crippen LogP contribution < -0.4 is 4.74 Å². The highest BCUT2D eigenvalue weighted by atomic mass is 79.9. The van der Waals surface area contributed by atoms with Crippen LogP contribution >= 0.6 is 15.9 Å². The molecule has 0 saturated heterocycles. The van der Waals surface area contributed by atoms with Gasteiger partial charge >= 0.3 is 0 Å². The molecule has 1 heterocycles. The van der Waals surface area contributed by atoms with Crippen molar-refractivity contribution in [2.45, 2.75) is 18.7 Å². The van der Waals surface area contributed by atoms with E-state index in [1.54, 1.807) is 6.92 Å². The molecule has 14 heavy (non-hydrogen) atoms. The molecule has 0 aliphatic rings. The number of alkyl halides is 3. The number of ether oxygens (including phenoxy) is 1. The van der Waals surface area contributed by atoms with Gasteiger partial charge in [-0.05, 0) is 6.92 Å². The van der Waals surface area contributed by atoms with E-state index in [1.165, 1.54) is 13.2 Å². The number of hydrogen-bond acceptors (Lipinski definition) is 2. The Morgan fingerprint density at radius 2 is 2.21 bits per heavy atom. The average Bonchev–Trinajstić information content (AvgIpc) is 2.15. The minimum absolute atomic E-state index is 0.128. The van der Waals surface area contributed by atoms with Crippen molar-refractivity contribution in [2.75, 3.05) is 7.11 Å². The van der Waals surface area contributed by atoms with Gasteiger partial charge in [-0.3, -0.25) is 4.98 Å². The maximum Gasteiger partial charge on any atom is 0.269 e. The van der Waals surface area contributed by atoms with Gasteiger partial charge in [-0.1, -0.05) is 15.9 Å². The Morgan fingerprint density at radius 3 is 2.64 bits per heavy atom. The second kappa shape index (κ2) is 4.68. The third-order valence-corrected chi connectivity index (χ3v) is 2.41. The van der Waals surface area contributed by atoms with Crippen molar-refractivity contribution < 1.29 is 13.5 Å². The maximum absolute atomic E-state index is 12.6. The third kappa shape index (κ3) is 2.20. The fourth-order valence-electron chi connectivity index (χ4n) is 1.22. The predicted octanol–water partition coefficient (Wildman–Crippen LogP) is 3.23. The molecule has 0 aliphatic heterocycles. The molecular formula is C9H10BrF2NO. The average molecular weight is 266 g/mol. The normalized spacial score (nSPS) is 10.7. The minimum atomic E-state index is -2.55. The first-order valence-electron chi connectivity index (χ1n) is 3.98. The monoisotopic (exact) mass is 265 g/mol. The van der Waals surface area contributed by atoms with Crippen LogP contribution in [-0.2, 0) is 5.33 Å². The van der Waals surface area contributed by atoms with Gasteiger partial charge in [-0.15, -0.1) is 0 Å². The van der Waals surface area contributed by atoms with Crippen molar-refractivity contribution >= 4 is 15.9 Å². The molecule has 0 amide bonds. The first kappa shape index (κ1) is 11.4. The van der Waals surface area contributed by atoms with Crippen LogP contribution in [0.3, 0.4) is 0 Å². The van der Waals surface area contributed by atoms with Crippen LogP contribution in [0.5, 0.6) is 5.75 Å². The van der Waals surface area contributed by atoms with Gasteiger partial charge in [0.2, 0.25) is 0 Å². The van der Waals surface area contributed by atoms with Crippen molar-refractivity contribution in [1.29, 1.82) is 0 Å². The van der Waals surface area contributed by atoms with Gasteiger partial charge in [0, 0.05) is 11.4 Å². The molecule has 0 unspecified atom stereocenters. The maximum atomic E-state index is 12.6. The molecule has 0 atom stereocenters. The number of nitrogens with zero attached hydrogens (tertiary/aromatic N) is 1. The SMILES string of the molecule is COc1cc(CBr)nc(C)c1C(F)F.